The van der Waals surface area contributed by atoms with Crippen LogP contribution in [0, 0.1) is 0 Å². The largest absolute Gasteiger partial charge is 0.497 e. The van der Waals surface area contributed by atoms with Crippen LogP contribution in [0.3, 0.4) is 0 Å². The molecule has 0 N–H and O–H groups in total. The Kier molecular flexibility index (Phi) is 5.59. The molecule has 0 saturated heterocycles. The van der Waals surface area contributed by atoms with E-state index in [2.05, 4.69) is 0 Å². The average Bonchev–Trinajstić information content (AvgIpc) is 2.81. The third-order valence-electron chi connectivity index (χ3n) is 4.87. The number of hydrogen-bond acceptors (Lipinski definition) is 3. The number of pyridine rings is 1. The van der Waals surface area contributed by atoms with Gasteiger partial charge in [0.2, 0.25) is 5.43 Å². The van der Waals surface area contributed by atoms with E-state index < -0.39 is 0 Å². The molecule has 0 radical (unpaired) electrons. The van der Waals surface area contributed by atoms with Gasteiger partial charge in [-0.15, -0.1) is 0 Å². The van der Waals surface area contributed by atoms with E-state index >= 15 is 0 Å². The molecule has 0 fully saturated rings. The number of halogens is 1. The van der Waals surface area contributed by atoms with Gasteiger partial charge in [0.1, 0.15) is 16.5 Å². The summed E-state index contributed by atoms with van der Waals surface area (Å²) in [6, 6.07) is 26.5. The Morgan fingerprint density at radius 1 is 0.733 bits per heavy atom. The van der Waals surface area contributed by atoms with Crippen molar-refractivity contribution >= 4 is 11.6 Å². The maximum absolute atomic E-state index is 12.8. The number of aromatic nitrogens is 1. The molecule has 4 aromatic rings. The quantitative estimate of drug-likeness (QED) is 0.409. The van der Waals surface area contributed by atoms with Crippen LogP contribution in [0.2, 0.25) is 5.02 Å². The molecule has 0 spiro atoms. The van der Waals surface area contributed by atoms with Crippen molar-refractivity contribution in [3.05, 3.63) is 100 Å². The molecule has 0 aliphatic heterocycles. The third-order valence-corrected chi connectivity index (χ3v) is 5.23. The molecule has 0 bridgehead atoms. The second kappa shape index (κ2) is 8.47. The topological polar surface area (TPSA) is 40.5 Å². The Labute approximate surface area is 179 Å². The zero-order chi connectivity index (χ0) is 21.1. The predicted molar refractivity (Wildman–Crippen MR) is 121 cm³/mol. The number of methoxy groups -OCH3 is 2. The van der Waals surface area contributed by atoms with Gasteiger partial charge in [-0.05, 0) is 5.56 Å². The highest BCUT2D eigenvalue weighted by atomic mass is 35.5. The summed E-state index contributed by atoms with van der Waals surface area (Å²) in [5.41, 5.74) is 3.59. The zero-order valence-corrected chi connectivity index (χ0v) is 17.4. The van der Waals surface area contributed by atoms with Gasteiger partial charge in [0.05, 0.1) is 31.3 Å². The summed E-state index contributed by atoms with van der Waals surface area (Å²) in [7, 11) is 3.21. The van der Waals surface area contributed by atoms with Crippen molar-refractivity contribution in [1.29, 1.82) is 0 Å². The zero-order valence-electron chi connectivity index (χ0n) is 16.6. The fraction of sp³-hybridized carbons (Fsp3) is 0.0800. The molecule has 4 rings (SSSR count). The van der Waals surface area contributed by atoms with E-state index in [1.807, 2.05) is 77.4 Å². The van der Waals surface area contributed by atoms with Crippen molar-refractivity contribution in [2.45, 2.75) is 0 Å². The summed E-state index contributed by atoms with van der Waals surface area (Å²) < 4.78 is 12.9. The van der Waals surface area contributed by atoms with Gasteiger partial charge in [-0.3, -0.25) is 4.79 Å². The summed E-state index contributed by atoms with van der Waals surface area (Å²) >= 11 is 6.59. The van der Waals surface area contributed by atoms with Crippen LogP contribution in [0.15, 0.2) is 89.7 Å². The smallest absolute Gasteiger partial charge is 0.201 e. The highest BCUT2D eigenvalue weighted by molar-refractivity contribution is 6.33. The minimum Gasteiger partial charge on any atom is -0.497 e. The molecule has 5 heteroatoms. The molecule has 1 heterocycles. The number of hydrogen-bond donors (Lipinski definition) is 0. The second-order valence-corrected chi connectivity index (χ2v) is 7.07. The molecule has 0 saturated carbocycles. The van der Waals surface area contributed by atoms with E-state index in [-0.39, 0.29) is 10.5 Å². The van der Waals surface area contributed by atoms with Crippen molar-refractivity contribution in [3.63, 3.8) is 0 Å². The van der Waals surface area contributed by atoms with E-state index in [9.17, 15) is 4.79 Å². The standard InChI is InChI=1S/C25H20ClNO3/c1-29-20-13-19(14-21(15-20)30-2)27-22(17-9-5-3-6-10-17)16-23(28)24(26)25(27)18-11-7-4-8-12-18/h3-16H,1-2H3. The molecule has 0 atom stereocenters. The van der Waals surface area contributed by atoms with Crippen LogP contribution in [-0.2, 0) is 0 Å². The Morgan fingerprint density at radius 2 is 1.27 bits per heavy atom. The van der Waals surface area contributed by atoms with Crippen molar-refractivity contribution < 1.29 is 9.47 Å². The first-order valence-corrected chi connectivity index (χ1v) is 9.80. The van der Waals surface area contributed by atoms with Crippen molar-refractivity contribution in [2.75, 3.05) is 14.2 Å². The van der Waals surface area contributed by atoms with Crippen LogP contribution in [-0.4, -0.2) is 18.8 Å². The highest BCUT2D eigenvalue weighted by Gasteiger charge is 2.19. The van der Waals surface area contributed by atoms with E-state index in [1.54, 1.807) is 26.4 Å². The van der Waals surface area contributed by atoms with Crippen molar-refractivity contribution in [2.24, 2.45) is 0 Å². The Hall–Kier alpha value is -3.50. The van der Waals surface area contributed by atoms with Gasteiger partial charge < -0.3 is 14.0 Å². The van der Waals surface area contributed by atoms with Crippen molar-refractivity contribution in [1.82, 2.24) is 4.57 Å². The summed E-state index contributed by atoms with van der Waals surface area (Å²) in [6.07, 6.45) is 0. The number of benzene rings is 3. The molecule has 0 unspecified atom stereocenters. The predicted octanol–water partition coefficient (Wildman–Crippen LogP) is 5.84. The first-order valence-electron chi connectivity index (χ1n) is 9.42. The average molecular weight is 418 g/mol. The van der Waals surface area contributed by atoms with Gasteiger partial charge in [0.15, 0.2) is 0 Å². The SMILES string of the molecule is COc1cc(OC)cc(-n2c(-c3ccccc3)cc(=O)c(Cl)c2-c2ccccc2)c1. The van der Waals surface area contributed by atoms with Crippen LogP contribution in [0.5, 0.6) is 11.5 Å². The fourth-order valence-electron chi connectivity index (χ4n) is 3.45. The summed E-state index contributed by atoms with van der Waals surface area (Å²) in [5.74, 6) is 1.27. The minimum absolute atomic E-state index is 0.155. The van der Waals surface area contributed by atoms with Crippen LogP contribution in [0.4, 0.5) is 0 Å². The summed E-state index contributed by atoms with van der Waals surface area (Å²) in [5, 5.41) is 0.155. The van der Waals surface area contributed by atoms with Gasteiger partial charge in [0, 0.05) is 29.8 Å². The normalized spacial score (nSPS) is 10.6. The van der Waals surface area contributed by atoms with Crippen LogP contribution < -0.4 is 14.9 Å². The minimum atomic E-state index is -0.236. The van der Waals surface area contributed by atoms with Crippen LogP contribution in [0.25, 0.3) is 28.2 Å². The Morgan fingerprint density at radius 3 is 1.80 bits per heavy atom. The van der Waals surface area contributed by atoms with E-state index in [4.69, 9.17) is 21.1 Å². The van der Waals surface area contributed by atoms with E-state index in [0.29, 0.717) is 17.2 Å². The summed E-state index contributed by atoms with van der Waals surface area (Å²) in [4.78, 5) is 12.8. The number of nitrogens with zero attached hydrogens (tertiary/aromatic N) is 1. The third kappa shape index (κ3) is 3.70. The maximum atomic E-state index is 12.8. The van der Waals surface area contributed by atoms with E-state index in [0.717, 1.165) is 22.5 Å². The lowest BCUT2D eigenvalue weighted by molar-refractivity contribution is 0.394. The van der Waals surface area contributed by atoms with Crippen LogP contribution >= 0.6 is 11.6 Å². The maximum Gasteiger partial charge on any atom is 0.201 e. The molecule has 30 heavy (non-hydrogen) atoms. The first kappa shape index (κ1) is 19.8. The molecule has 0 aliphatic rings. The fourth-order valence-corrected chi connectivity index (χ4v) is 3.70. The lowest BCUT2D eigenvalue weighted by atomic mass is 10.1. The highest BCUT2D eigenvalue weighted by Crippen LogP contribution is 2.36. The molecule has 1 aromatic heterocycles. The molecule has 3 aromatic carbocycles. The number of ether oxygens (including phenoxy) is 2. The monoisotopic (exact) mass is 417 g/mol. The van der Waals surface area contributed by atoms with Crippen molar-refractivity contribution in [3.8, 4) is 39.7 Å². The summed E-state index contributed by atoms with van der Waals surface area (Å²) in [6.45, 7) is 0. The Balaban J connectivity index is 2.15. The molecule has 0 aliphatic carbocycles. The second-order valence-electron chi connectivity index (χ2n) is 6.69. The van der Waals surface area contributed by atoms with E-state index in [1.165, 1.54) is 0 Å². The van der Waals surface area contributed by atoms with Gasteiger partial charge in [-0.25, -0.2) is 0 Å². The molecule has 150 valence electrons. The lowest BCUT2D eigenvalue weighted by Crippen LogP contribution is -2.13. The van der Waals surface area contributed by atoms with Gasteiger partial charge in [0.25, 0.3) is 0 Å². The molecule has 4 nitrogen and oxygen atoms in total. The molecular formula is C25H20ClNO3. The first-order chi connectivity index (χ1) is 14.6. The van der Waals surface area contributed by atoms with Gasteiger partial charge in [-0.1, -0.05) is 72.3 Å². The van der Waals surface area contributed by atoms with Gasteiger partial charge in [-0.2, -0.15) is 0 Å². The molecular weight excluding hydrogens is 398 g/mol. The number of rotatable bonds is 5. The van der Waals surface area contributed by atoms with Gasteiger partial charge >= 0.3 is 0 Å². The van der Waals surface area contributed by atoms with Crippen LogP contribution in [0.1, 0.15) is 0 Å². The lowest BCUT2D eigenvalue weighted by Gasteiger charge is -2.21. The molecule has 0 amide bonds. The Bertz CT molecular complexity index is 1210.